The Morgan fingerprint density at radius 3 is 2.54 bits per heavy atom. The second-order valence-corrected chi connectivity index (χ2v) is 6.12. The highest BCUT2D eigenvalue weighted by Crippen LogP contribution is 2.27. The number of benzene rings is 2. The molecule has 3 rings (SSSR count). The maximum absolute atomic E-state index is 13.9. The number of aliphatic hydroxyl groups is 1. The van der Waals surface area contributed by atoms with E-state index in [9.17, 15) is 18.4 Å². The smallest absolute Gasteiger partial charge is 0.337 e. The molecule has 8 heteroatoms. The van der Waals surface area contributed by atoms with Gasteiger partial charge in [-0.1, -0.05) is 12.1 Å². The Balaban J connectivity index is 1.85. The molecular weight excluding hydrogens is 370 g/mol. The molecule has 2 N–H and O–H groups in total. The van der Waals surface area contributed by atoms with E-state index in [1.807, 2.05) is 0 Å². The van der Waals surface area contributed by atoms with E-state index in [0.29, 0.717) is 11.3 Å². The number of hydrogen-bond acceptors (Lipinski definition) is 5. The zero-order valence-electron chi connectivity index (χ0n) is 15.0. The van der Waals surface area contributed by atoms with Crippen LogP contribution >= 0.6 is 0 Å². The number of nitrogens with zero attached hydrogens (tertiary/aromatic N) is 1. The van der Waals surface area contributed by atoms with Crippen molar-refractivity contribution in [2.75, 3.05) is 32.1 Å². The summed E-state index contributed by atoms with van der Waals surface area (Å²) >= 11 is 0. The fraction of sp³-hybridized carbons (Fsp3) is 0.200. The lowest BCUT2D eigenvalue weighted by atomic mass is 10.0. The van der Waals surface area contributed by atoms with Crippen molar-refractivity contribution in [3.8, 4) is 11.1 Å². The Labute approximate surface area is 160 Å². The second-order valence-electron chi connectivity index (χ2n) is 6.12. The molecule has 6 nitrogen and oxygen atoms in total. The first-order chi connectivity index (χ1) is 13.4. The fourth-order valence-corrected chi connectivity index (χ4v) is 2.95. The number of carbonyl (C=O) groups excluding carboxylic acids is 2. The standard InChI is InChI=1S/C20H18F2N2O4/c1-28-20(27)16-11-24(8-9-25)19(26)18(16)23-14-5-2-12(3-6-14)15-7-4-13(21)10-17(15)22/h2-7,10,23,25H,8-9,11H2,1H3. The van der Waals surface area contributed by atoms with Crippen LogP contribution in [0.4, 0.5) is 14.5 Å². The van der Waals surface area contributed by atoms with Gasteiger partial charge in [0.2, 0.25) is 0 Å². The van der Waals surface area contributed by atoms with Crippen LogP contribution in [0.2, 0.25) is 0 Å². The van der Waals surface area contributed by atoms with E-state index in [0.717, 1.165) is 6.07 Å². The normalized spacial score (nSPS) is 13.9. The van der Waals surface area contributed by atoms with Crippen LogP contribution in [0.3, 0.4) is 0 Å². The molecule has 2 aromatic carbocycles. The van der Waals surface area contributed by atoms with Crippen LogP contribution in [-0.4, -0.2) is 48.7 Å². The number of amides is 1. The molecule has 1 aliphatic rings. The molecule has 0 saturated carbocycles. The van der Waals surface area contributed by atoms with E-state index >= 15 is 0 Å². The van der Waals surface area contributed by atoms with Gasteiger partial charge in [-0.2, -0.15) is 0 Å². The molecule has 0 aliphatic carbocycles. The number of hydrogen-bond donors (Lipinski definition) is 2. The summed E-state index contributed by atoms with van der Waals surface area (Å²) < 4.78 is 31.7. The van der Waals surface area contributed by atoms with Crippen molar-refractivity contribution in [2.24, 2.45) is 0 Å². The van der Waals surface area contributed by atoms with Crippen LogP contribution in [0.5, 0.6) is 0 Å². The summed E-state index contributed by atoms with van der Waals surface area (Å²) in [7, 11) is 1.22. The Morgan fingerprint density at radius 2 is 1.93 bits per heavy atom. The molecule has 0 atom stereocenters. The number of aliphatic hydroxyl groups excluding tert-OH is 1. The van der Waals surface area contributed by atoms with Gasteiger partial charge in [-0.05, 0) is 29.8 Å². The molecule has 1 amide bonds. The number of halogens is 2. The molecular formula is C20H18F2N2O4. The summed E-state index contributed by atoms with van der Waals surface area (Å²) in [6.45, 7) is -0.105. The maximum atomic E-state index is 13.9. The van der Waals surface area contributed by atoms with Crippen molar-refractivity contribution in [1.82, 2.24) is 4.90 Å². The van der Waals surface area contributed by atoms with Crippen molar-refractivity contribution in [1.29, 1.82) is 0 Å². The first-order valence-electron chi connectivity index (χ1n) is 8.48. The van der Waals surface area contributed by atoms with Crippen LogP contribution in [0, 0.1) is 11.6 Å². The summed E-state index contributed by atoms with van der Waals surface area (Å²) in [5.41, 5.74) is 1.51. The molecule has 146 valence electrons. The van der Waals surface area contributed by atoms with Crippen LogP contribution in [0.15, 0.2) is 53.7 Å². The van der Waals surface area contributed by atoms with Crippen molar-refractivity contribution in [2.45, 2.75) is 0 Å². The lowest BCUT2D eigenvalue weighted by molar-refractivity contribution is -0.136. The minimum absolute atomic E-state index is 0.0350. The van der Waals surface area contributed by atoms with Crippen molar-refractivity contribution < 1.29 is 28.2 Å². The minimum atomic E-state index is -0.679. The predicted molar refractivity (Wildman–Crippen MR) is 98.1 cm³/mol. The molecule has 0 bridgehead atoms. The number of nitrogens with one attached hydrogen (secondary N) is 1. The van der Waals surface area contributed by atoms with Crippen LogP contribution < -0.4 is 5.32 Å². The van der Waals surface area contributed by atoms with E-state index in [1.165, 1.54) is 24.1 Å². The Morgan fingerprint density at radius 1 is 1.21 bits per heavy atom. The topological polar surface area (TPSA) is 78.9 Å². The van der Waals surface area contributed by atoms with Gasteiger partial charge in [-0.3, -0.25) is 4.79 Å². The van der Waals surface area contributed by atoms with Crippen molar-refractivity contribution >= 4 is 17.6 Å². The van der Waals surface area contributed by atoms with Gasteiger partial charge in [-0.25, -0.2) is 13.6 Å². The zero-order valence-corrected chi connectivity index (χ0v) is 15.0. The van der Waals surface area contributed by atoms with Gasteiger partial charge >= 0.3 is 5.97 Å². The number of methoxy groups -OCH3 is 1. The first kappa shape index (κ1) is 19.5. The Kier molecular flexibility index (Phi) is 5.70. The van der Waals surface area contributed by atoms with Gasteiger partial charge < -0.3 is 20.1 Å². The zero-order chi connectivity index (χ0) is 20.3. The minimum Gasteiger partial charge on any atom is -0.466 e. The summed E-state index contributed by atoms with van der Waals surface area (Å²) in [5.74, 6) is -2.40. The van der Waals surface area contributed by atoms with Gasteiger partial charge in [0.15, 0.2) is 0 Å². The van der Waals surface area contributed by atoms with Crippen LogP contribution in [0.25, 0.3) is 11.1 Å². The summed E-state index contributed by atoms with van der Waals surface area (Å²) in [6, 6.07) is 9.78. The Bertz CT molecular complexity index is 942. The highest BCUT2D eigenvalue weighted by Gasteiger charge is 2.34. The van der Waals surface area contributed by atoms with Gasteiger partial charge in [0.1, 0.15) is 17.3 Å². The predicted octanol–water partition coefficient (Wildman–Crippen LogP) is 2.31. The number of ether oxygens (including phenoxy) is 1. The summed E-state index contributed by atoms with van der Waals surface area (Å²) in [5, 5.41) is 12.0. The number of rotatable bonds is 6. The maximum Gasteiger partial charge on any atom is 0.337 e. The molecule has 0 aromatic heterocycles. The van der Waals surface area contributed by atoms with Gasteiger partial charge in [-0.15, -0.1) is 0 Å². The van der Waals surface area contributed by atoms with Crippen LogP contribution in [0.1, 0.15) is 0 Å². The van der Waals surface area contributed by atoms with Crippen molar-refractivity contribution in [3.63, 3.8) is 0 Å². The molecule has 0 saturated heterocycles. The van der Waals surface area contributed by atoms with Gasteiger partial charge in [0.05, 0.1) is 25.8 Å². The number of anilines is 1. The van der Waals surface area contributed by atoms with Gasteiger partial charge in [0.25, 0.3) is 5.91 Å². The molecule has 1 aliphatic heterocycles. The fourth-order valence-electron chi connectivity index (χ4n) is 2.95. The second kappa shape index (κ2) is 8.18. The lowest BCUT2D eigenvalue weighted by Crippen LogP contribution is -2.31. The lowest BCUT2D eigenvalue weighted by Gasteiger charge is -2.15. The number of esters is 1. The van der Waals surface area contributed by atoms with E-state index in [1.54, 1.807) is 24.3 Å². The van der Waals surface area contributed by atoms with Gasteiger partial charge in [0, 0.05) is 23.9 Å². The Hall–Kier alpha value is -3.26. The molecule has 0 radical (unpaired) electrons. The monoisotopic (exact) mass is 388 g/mol. The highest BCUT2D eigenvalue weighted by molar-refractivity contribution is 6.08. The first-order valence-corrected chi connectivity index (χ1v) is 8.48. The van der Waals surface area contributed by atoms with Crippen molar-refractivity contribution in [3.05, 3.63) is 65.4 Å². The summed E-state index contributed by atoms with van der Waals surface area (Å²) in [4.78, 5) is 25.8. The average molecular weight is 388 g/mol. The third-order valence-electron chi connectivity index (χ3n) is 4.35. The number of carbonyl (C=O) groups is 2. The highest BCUT2D eigenvalue weighted by atomic mass is 19.1. The molecule has 0 unspecified atom stereocenters. The average Bonchev–Trinajstić information content (AvgIpc) is 2.98. The molecule has 1 heterocycles. The third-order valence-corrected chi connectivity index (χ3v) is 4.35. The molecule has 28 heavy (non-hydrogen) atoms. The van der Waals surface area contributed by atoms with Crippen LogP contribution in [-0.2, 0) is 14.3 Å². The SMILES string of the molecule is COC(=O)C1=C(Nc2ccc(-c3ccc(F)cc3F)cc2)C(=O)N(CCO)C1. The quantitative estimate of drug-likeness (QED) is 0.743. The summed E-state index contributed by atoms with van der Waals surface area (Å²) in [6.07, 6.45) is 0. The van der Waals surface area contributed by atoms with E-state index in [-0.39, 0.29) is 36.5 Å². The molecule has 0 spiro atoms. The van der Waals surface area contributed by atoms with E-state index < -0.39 is 23.5 Å². The third kappa shape index (κ3) is 3.86. The molecule has 2 aromatic rings. The van der Waals surface area contributed by atoms with E-state index in [2.05, 4.69) is 5.32 Å². The number of β-amino-alcohol motifs (C(OH)–C–C–N with tert-alkyl or cyclic N) is 1. The largest absolute Gasteiger partial charge is 0.466 e. The van der Waals surface area contributed by atoms with E-state index in [4.69, 9.17) is 9.84 Å². The molecule has 0 fully saturated rings.